The van der Waals surface area contributed by atoms with E-state index < -0.39 is 5.24 Å². The van der Waals surface area contributed by atoms with Crippen LogP contribution in [0.1, 0.15) is 62.5 Å². The van der Waals surface area contributed by atoms with Crippen LogP contribution < -0.4 is 16.0 Å². The van der Waals surface area contributed by atoms with Crippen molar-refractivity contribution >= 4 is 79.7 Å². The highest BCUT2D eigenvalue weighted by atomic mass is 35.5. The van der Waals surface area contributed by atoms with Crippen molar-refractivity contribution in [2.24, 2.45) is 0 Å². The maximum Gasteiger partial charge on any atom is 0.246 e. The molecular weight excluding hydrogens is 931 g/mol. The Morgan fingerprint density at radius 2 is 1.14 bits per heavy atom. The summed E-state index contributed by atoms with van der Waals surface area (Å²) in [5.74, 6) is 1.32. The molecule has 364 valence electrons. The maximum absolute atomic E-state index is 11.9. The van der Waals surface area contributed by atoms with Crippen molar-refractivity contribution in [2.45, 2.75) is 89.4 Å². The Hall–Kier alpha value is -5.35. The highest BCUT2D eigenvalue weighted by Gasteiger charge is 2.31. The van der Waals surface area contributed by atoms with Crippen molar-refractivity contribution in [2.75, 3.05) is 63.0 Å². The zero-order valence-corrected chi connectivity index (χ0v) is 41.8. The number of hydrogen-bond donors (Lipinski definition) is 5. The third-order valence-corrected chi connectivity index (χ3v) is 14.5. The predicted molar refractivity (Wildman–Crippen MR) is 281 cm³/mol. The molecule has 2 aromatic carbocycles. The van der Waals surface area contributed by atoms with E-state index in [2.05, 4.69) is 109 Å². The number of anilines is 2. The number of halogens is 3. The molecule has 5 N–H and O–H groups in total. The van der Waals surface area contributed by atoms with E-state index in [0.29, 0.717) is 46.1 Å². The molecule has 2 aliphatic heterocycles. The second kappa shape index (κ2) is 23.5. The van der Waals surface area contributed by atoms with Crippen LogP contribution in [0.25, 0.3) is 44.3 Å². The number of amides is 1. The van der Waals surface area contributed by atoms with Gasteiger partial charge in [-0.3, -0.25) is 19.4 Å². The fourth-order valence-electron chi connectivity index (χ4n) is 10.2. The number of nitrogens with zero attached hydrogens (tertiary/aromatic N) is 7. The van der Waals surface area contributed by atoms with Gasteiger partial charge in [-0.2, -0.15) is 0 Å². The second-order valence-electron chi connectivity index (χ2n) is 18.5. The standard InChI is InChI=1S/C26H31ClN6O.C23H29ClN6.C3H3ClO/c1-3-24(34)33-11-9-32(10-12-33)19-6-4-5-18(14-19)30-26-29-16-22(27)25(31-26)21-15-28-23-8-7-17(2)13-20(21)23;1-15-5-6-21-18(11-15)19(13-26-21)22-20(24)14-27-23(29-22)28-16-3-2-4-17(12-16)30-9-7-25-8-10-30;1-2-3(4)5/h3,7-8,13,15-16,18-19,28H,1,4-6,9-12,14H2,2H3,(H,29,30,31);5-6,11,13-14,16-17,25-26H,2-4,7-10,12H2,1H3,(H,27,28,29);2H,1H2/t18-,19+;16-,17+;/m11./s1. The van der Waals surface area contributed by atoms with Gasteiger partial charge in [0.05, 0.1) is 33.8 Å². The van der Waals surface area contributed by atoms with E-state index in [1.165, 1.54) is 36.5 Å². The summed E-state index contributed by atoms with van der Waals surface area (Å²) in [6, 6.07) is 14.6. The van der Waals surface area contributed by atoms with Gasteiger partial charge in [-0.15, -0.1) is 0 Å². The molecule has 10 rings (SSSR count). The molecule has 2 saturated heterocycles. The van der Waals surface area contributed by atoms with E-state index in [1.807, 2.05) is 17.3 Å². The minimum absolute atomic E-state index is 0.0314. The first kappa shape index (κ1) is 50.1. The van der Waals surface area contributed by atoms with Crippen molar-refractivity contribution < 1.29 is 9.59 Å². The molecule has 4 atom stereocenters. The number of H-pyrrole nitrogens is 2. The molecule has 14 nitrogen and oxygen atoms in total. The lowest BCUT2D eigenvalue weighted by atomic mass is 9.89. The molecule has 2 aliphatic carbocycles. The molecule has 0 spiro atoms. The van der Waals surface area contributed by atoms with Crippen LogP contribution in [0.15, 0.2) is 86.5 Å². The zero-order chi connectivity index (χ0) is 48.4. The summed E-state index contributed by atoms with van der Waals surface area (Å²) in [6.45, 7) is 18.7. The number of benzene rings is 2. The van der Waals surface area contributed by atoms with Crippen LogP contribution in [0.2, 0.25) is 10.0 Å². The summed E-state index contributed by atoms with van der Waals surface area (Å²) >= 11 is 17.8. The van der Waals surface area contributed by atoms with Crippen LogP contribution >= 0.6 is 34.8 Å². The smallest absolute Gasteiger partial charge is 0.246 e. The van der Waals surface area contributed by atoms with E-state index in [9.17, 15) is 9.59 Å². The average Bonchev–Trinajstić information content (AvgIpc) is 3.99. The number of aromatic nitrogens is 6. The molecule has 0 radical (unpaired) electrons. The monoisotopic (exact) mass is 992 g/mol. The van der Waals surface area contributed by atoms with Crippen molar-refractivity contribution in [3.63, 3.8) is 0 Å². The Morgan fingerprint density at radius 1 is 0.681 bits per heavy atom. The van der Waals surface area contributed by atoms with E-state index in [1.54, 1.807) is 12.4 Å². The van der Waals surface area contributed by atoms with Gasteiger partial charge in [-0.1, -0.05) is 59.6 Å². The number of aromatic amines is 2. The Balaban J connectivity index is 0.000000171. The quantitative estimate of drug-likeness (QED) is 0.0656. The molecule has 4 aliphatic rings. The Kier molecular flexibility index (Phi) is 17.1. The first-order valence-corrected chi connectivity index (χ1v) is 25.3. The van der Waals surface area contributed by atoms with Crippen LogP contribution in [0.4, 0.5) is 11.9 Å². The van der Waals surface area contributed by atoms with Gasteiger partial charge >= 0.3 is 0 Å². The van der Waals surface area contributed by atoms with Crippen molar-refractivity contribution in [1.82, 2.24) is 49.9 Å². The maximum atomic E-state index is 11.9. The average molecular weight is 995 g/mol. The first-order valence-electron chi connectivity index (χ1n) is 24.1. The second-order valence-corrected chi connectivity index (χ2v) is 19.7. The van der Waals surface area contributed by atoms with Gasteiger partial charge < -0.3 is 30.8 Å². The van der Waals surface area contributed by atoms with Crippen LogP contribution in [0, 0.1) is 13.8 Å². The third-order valence-electron chi connectivity index (χ3n) is 13.8. The van der Waals surface area contributed by atoms with Gasteiger partial charge in [-0.05, 0) is 113 Å². The van der Waals surface area contributed by atoms with Crippen molar-refractivity contribution in [3.8, 4) is 22.5 Å². The highest BCUT2D eigenvalue weighted by molar-refractivity contribution is 6.66. The summed E-state index contributed by atoms with van der Waals surface area (Å²) < 4.78 is 0. The van der Waals surface area contributed by atoms with E-state index in [0.717, 1.165) is 135 Å². The summed E-state index contributed by atoms with van der Waals surface area (Å²) in [5.41, 5.74) is 8.09. The topological polar surface area (TPSA) is 163 Å². The number of carbonyl (C=O) groups is 2. The number of fused-ring (bicyclic) bond motifs is 2. The Bertz CT molecular complexity index is 2740. The number of aryl methyl sites for hydroxylation is 2. The molecule has 6 aromatic rings. The minimum Gasteiger partial charge on any atom is -0.360 e. The lowest BCUT2D eigenvalue weighted by Crippen LogP contribution is -2.53. The van der Waals surface area contributed by atoms with Crippen LogP contribution in [0.5, 0.6) is 0 Å². The van der Waals surface area contributed by atoms with Gasteiger partial charge in [0.15, 0.2) is 0 Å². The van der Waals surface area contributed by atoms with Crippen molar-refractivity contribution in [1.29, 1.82) is 0 Å². The minimum atomic E-state index is -0.509. The number of nitrogens with one attached hydrogen (secondary N) is 5. The fourth-order valence-corrected chi connectivity index (χ4v) is 10.6. The number of hydrogen-bond acceptors (Lipinski definition) is 11. The van der Waals surface area contributed by atoms with Gasteiger partial charge in [0.25, 0.3) is 0 Å². The Labute approximate surface area is 419 Å². The largest absolute Gasteiger partial charge is 0.360 e. The summed E-state index contributed by atoms with van der Waals surface area (Å²) in [5, 5.41) is 13.5. The molecule has 0 bridgehead atoms. The molecule has 4 aromatic heterocycles. The first-order chi connectivity index (χ1) is 33.5. The predicted octanol–water partition coefficient (Wildman–Crippen LogP) is 9.79. The number of rotatable bonds is 10. The number of piperazine rings is 2. The van der Waals surface area contributed by atoms with Crippen molar-refractivity contribution in [3.05, 3.63) is 108 Å². The molecule has 1 amide bonds. The molecular formula is C52H63Cl3N12O2. The van der Waals surface area contributed by atoms with Crippen LogP contribution in [0.3, 0.4) is 0 Å². The Morgan fingerprint density at radius 3 is 1.59 bits per heavy atom. The van der Waals surface area contributed by atoms with Gasteiger partial charge in [0, 0.05) is 122 Å². The highest BCUT2D eigenvalue weighted by Crippen LogP contribution is 2.36. The van der Waals surface area contributed by atoms with E-state index in [4.69, 9.17) is 44.8 Å². The molecule has 4 fully saturated rings. The lowest BCUT2D eigenvalue weighted by molar-refractivity contribution is -0.128. The summed E-state index contributed by atoms with van der Waals surface area (Å²) in [6.07, 6.45) is 19.2. The molecule has 2 saturated carbocycles. The molecule has 6 heterocycles. The lowest BCUT2D eigenvalue weighted by Gasteiger charge is -2.42. The normalized spacial score (nSPS) is 21.1. The summed E-state index contributed by atoms with van der Waals surface area (Å²) in [4.78, 5) is 53.7. The van der Waals surface area contributed by atoms with Gasteiger partial charge in [0.2, 0.25) is 23.0 Å². The van der Waals surface area contributed by atoms with Crippen LogP contribution in [-0.2, 0) is 9.59 Å². The van der Waals surface area contributed by atoms with Gasteiger partial charge in [0.1, 0.15) is 0 Å². The van der Waals surface area contributed by atoms with Crippen LogP contribution in [-0.4, -0.2) is 132 Å². The fraction of sp³-hybridized carbons (Fsp3) is 0.423. The molecule has 69 heavy (non-hydrogen) atoms. The van der Waals surface area contributed by atoms with E-state index >= 15 is 0 Å². The number of carbonyl (C=O) groups excluding carboxylic acids is 2. The molecule has 17 heteroatoms. The van der Waals surface area contributed by atoms with E-state index in [-0.39, 0.29) is 5.91 Å². The van der Waals surface area contributed by atoms with Gasteiger partial charge in [-0.25, -0.2) is 19.9 Å². The third kappa shape index (κ3) is 12.7. The molecule has 0 unspecified atom stereocenters. The zero-order valence-electron chi connectivity index (χ0n) is 39.5. The number of allylic oxidation sites excluding steroid dienone is 1. The SMILES string of the molecule is C=CC(=O)Cl.C=CC(=O)N1CCN([C@H]2CCC[C@@H](Nc3ncc(Cl)c(-c4c[nH]c5ccc(C)cc45)n3)C2)CC1.Cc1ccc2[nH]cc(-c3nc(N[C@@H]4CCC[C@H](N5CCNCC5)C4)ncc3Cl)c2c1. The summed E-state index contributed by atoms with van der Waals surface area (Å²) in [7, 11) is 0.